The number of imidazole rings is 1. The first-order valence-corrected chi connectivity index (χ1v) is 16.1. The van der Waals surface area contributed by atoms with E-state index in [0.717, 1.165) is 55.2 Å². The molecule has 8 aromatic rings. The summed E-state index contributed by atoms with van der Waals surface area (Å²) in [6.45, 7) is 8.83. The fourth-order valence-electron chi connectivity index (χ4n) is 6.54. The summed E-state index contributed by atoms with van der Waals surface area (Å²) in [5.41, 5.74) is 8.17. The fourth-order valence-corrected chi connectivity index (χ4v) is 6.54. The van der Waals surface area contributed by atoms with Gasteiger partial charge in [0.2, 0.25) is 0 Å². The summed E-state index contributed by atoms with van der Waals surface area (Å²) >= 11 is 0. The zero-order valence-electron chi connectivity index (χ0n) is 27.9. The number of fused-ring (bicyclic) bond motifs is 3. The summed E-state index contributed by atoms with van der Waals surface area (Å²) in [7, 11) is 0. The van der Waals surface area contributed by atoms with Gasteiger partial charge in [0.15, 0.2) is 0 Å². The molecule has 0 radical (unpaired) electrons. The van der Waals surface area contributed by atoms with Crippen molar-refractivity contribution in [3.63, 3.8) is 0 Å². The summed E-state index contributed by atoms with van der Waals surface area (Å²) in [5.74, 6) is 0. The zero-order valence-corrected chi connectivity index (χ0v) is 27.9. The second-order valence-electron chi connectivity index (χ2n) is 12.7. The molecule has 0 unspecified atom stereocenters. The van der Waals surface area contributed by atoms with Gasteiger partial charge in [0.1, 0.15) is 22.6 Å². The molecule has 0 atom stereocenters. The Bertz CT molecular complexity index is 2610. The predicted molar refractivity (Wildman–Crippen MR) is 187 cm³/mol. The Morgan fingerprint density at radius 1 is 0.580 bits per heavy atom. The van der Waals surface area contributed by atoms with Crippen LogP contribution in [0.15, 0.2) is 96.3 Å². The van der Waals surface area contributed by atoms with Crippen LogP contribution in [0.3, 0.4) is 0 Å². The standard InChI is InChI=1S/C37H32N8O5/c1-21-9-11-29-25(13-33(46)49-35(29)23(21)3)15-42-17-27(38-40-42)19-44-31-7-5-6-8-32(31)45(37(44)48)20-28-18-43(41-39-28)16-26-14-34(47)50-36-24(4)22(2)10-12-30(26)36/h5-14,17-18H,15-16,19-20H2,1-4H3. The molecule has 50 heavy (non-hydrogen) atoms. The Labute approximate surface area is 283 Å². The van der Waals surface area contributed by atoms with Crippen LogP contribution in [0, 0.1) is 27.7 Å². The Kier molecular flexibility index (Phi) is 7.39. The molecule has 0 amide bonds. The average Bonchev–Trinajstić information content (AvgIpc) is 3.80. The highest BCUT2D eigenvalue weighted by Crippen LogP contribution is 2.25. The second kappa shape index (κ2) is 11.9. The van der Waals surface area contributed by atoms with Crippen molar-refractivity contribution in [3.8, 4) is 0 Å². The minimum atomic E-state index is -0.424. The van der Waals surface area contributed by atoms with Gasteiger partial charge in [0.25, 0.3) is 0 Å². The van der Waals surface area contributed by atoms with E-state index in [0.29, 0.717) is 35.6 Å². The van der Waals surface area contributed by atoms with Gasteiger partial charge in [-0.3, -0.25) is 9.13 Å². The third-order valence-electron chi connectivity index (χ3n) is 9.44. The number of hydrogen-bond acceptors (Lipinski definition) is 9. The molecular weight excluding hydrogens is 636 g/mol. The molecule has 13 heteroatoms. The number of hydrogen-bond donors (Lipinski definition) is 0. The minimum absolute atomic E-state index is 0.192. The topological polar surface area (TPSA) is 149 Å². The molecule has 0 aliphatic rings. The molecule has 0 saturated carbocycles. The van der Waals surface area contributed by atoms with Crippen LogP contribution in [0.5, 0.6) is 0 Å². The molecule has 0 aliphatic heterocycles. The van der Waals surface area contributed by atoms with E-state index < -0.39 is 11.3 Å². The van der Waals surface area contributed by atoms with Gasteiger partial charge >= 0.3 is 16.9 Å². The Morgan fingerprint density at radius 2 is 1.02 bits per heavy atom. The van der Waals surface area contributed by atoms with E-state index in [4.69, 9.17) is 8.83 Å². The number of rotatable bonds is 8. The molecule has 8 rings (SSSR count). The van der Waals surface area contributed by atoms with Gasteiger partial charge in [0, 0.05) is 22.9 Å². The van der Waals surface area contributed by atoms with Crippen LogP contribution in [0.1, 0.15) is 44.8 Å². The van der Waals surface area contributed by atoms with E-state index in [1.54, 1.807) is 30.9 Å². The van der Waals surface area contributed by atoms with Crippen molar-refractivity contribution in [1.29, 1.82) is 0 Å². The Balaban J connectivity index is 1.06. The number of benzene rings is 3. The summed E-state index contributed by atoms with van der Waals surface area (Å²) in [5, 5.41) is 19.0. The van der Waals surface area contributed by atoms with Crippen molar-refractivity contribution in [2.24, 2.45) is 0 Å². The van der Waals surface area contributed by atoms with Crippen LogP contribution in [-0.2, 0) is 26.2 Å². The van der Waals surface area contributed by atoms with Crippen molar-refractivity contribution in [2.45, 2.75) is 53.9 Å². The number of nitrogens with zero attached hydrogens (tertiary/aromatic N) is 8. The lowest BCUT2D eigenvalue weighted by atomic mass is 10.0. The van der Waals surface area contributed by atoms with Crippen molar-refractivity contribution in [3.05, 3.63) is 149 Å². The molecule has 5 aromatic heterocycles. The molecule has 250 valence electrons. The van der Waals surface area contributed by atoms with Crippen LogP contribution in [0.4, 0.5) is 0 Å². The van der Waals surface area contributed by atoms with Gasteiger partial charge in [-0.05, 0) is 73.2 Å². The third-order valence-corrected chi connectivity index (χ3v) is 9.44. The predicted octanol–water partition coefficient (Wildman–Crippen LogP) is 4.63. The lowest BCUT2D eigenvalue weighted by Gasteiger charge is -2.08. The summed E-state index contributed by atoms with van der Waals surface area (Å²) in [6, 6.07) is 18.4. The van der Waals surface area contributed by atoms with Gasteiger partial charge in [-0.25, -0.2) is 23.7 Å². The maximum Gasteiger partial charge on any atom is 0.336 e. The normalized spacial score (nSPS) is 11.8. The molecule has 3 aromatic carbocycles. The first kappa shape index (κ1) is 30.9. The van der Waals surface area contributed by atoms with E-state index in [1.807, 2.05) is 76.2 Å². The van der Waals surface area contributed by atoms with Crippen LogP contribution in [0.2, 0.25) is 0 Å². The van der Waals surface area contributed by atoms with Gasteiger partial charge in [0.05, 0.1) is 49.6 Å². The van der Waals surface area contributed by atoms with Gasteiger partial charge in [-0.15, -0.1) is 10.2 Å². The number of para-hydroxylation sites is 2. The quantitative estimate of drug-likeness (QED) is 0.211. The van der Waals surface area contributed by atoms with Crippen molar-refractivity contribution in [1.82, 2.24) is 39.1 Å². The smallest absolute Gasteiger partial charge is 0.336 e. The zero-order chi connectivity index (χ0) is 34.7. The van der Waals surface area contributed by atoms with E-state index in [1.165, 1.54) is 12.1 Å². The highest BCUT2D eigenvalue weighted by molar-refractivity contribution is 5.84. The fraction of sp³-hybridized carbons (Fsp3) is 0.216. The molecule has 0 bridgehead atoms. The van der Waals surface area contributed by atoms with Crippen LogP contribution in [-0.4, -0.2) is 39.1 Å². The van der Waals surface area contributed by atoms with Crippen LogP contribution >= 0.6 is 0 Å². The lowest BCUT2D eigenvalue weighted by molar-refractivity contribution is 0.552. The van der Waals surface area contributed by atoms with E-state index in [-0.39, 0.29) is 18.8 Å². The van der Waals surface area contributed by atoms with Gasteiger partial charge in [-0.1, -0.05) is 46.8 Å². The first-order valence-electron chi connectivity index (χ1n) is 16.1. The van der Waals surface area contributed by atoms with E-state index in [2.05, 4.69) is 20.6 Å². The highest BCUT2D eigenvalue weighted by Gasteiger charge is 2.18. The molecule has 0 spiro atoms. The minimum Gasteiger partial charge on any atom is -0.422 e. The van der Waals surface area contributed by atoms with Crippen molar-refractivity contribution >= 4 is 33.0 Å². The largest absolute Gasteiger partial charge is 0.422 e. The van der Waals surface area contributed by atoms with Crippen LogP contribution < -0.4 is 16.9 Å². The van der Waals surface area contributed by atoms with Gasteiger partial charge < -0.3 is 8.83 Å². The van der Waals surface area contributed by atoms with Crippen molar-refractivity contribution < 1.29 is 8.83 Å². The second-order valence-corrected chi connectivity index (χ2v) is 12.7. The molecule has 0 aliphatic carbocycles. The number of aromatic nitrogens is 8. The maximum absolute atomic E-state index is 13.9. The summed E-state index contributed by atoms with van der Waals surface area (Å²) in [6.07, 6.45) is 3.56. The first-order chi connectivity index (χ1) is 24.1. The van der Waals surface area contributed by atoms with E-state index >= 15 is 0 Å². The molecule has 0 fully saturated rings. The van der Waals surface area contributed by atoms with Crippen molar-refractivity contribution in [2.75, 3.05) is 0 Å². The molecule has 13 nitrogen and oxygen atoms in total. The third kappa shape index (κ3) is 5.42. The molecular formula is C37H32N8O5. The lowest BCUT2D eigenvalue weighted by Crippen LogP contribution is -2.25. The summed E-state index contributed by atoms with van der Waals surface area (Å²) in [4.78, 5) is 38.7. The summed E-state index contributed by atoms with van der Waals surface area (Å²) < 4.78 is 17.7. The molecule has 0 N–H and O–H groups in total. The average molecular weight is 669 g/mol. The molecule has 0 saturated heterocycles. The monoisotopic (exact) mass is 668 g/mol. The Morgan fingerprint density at radius 3 is 1.46 bits per heavy atom. The Hall–Kier alpha value is -6.37. The SMILES string of the molecule is Cc1ccc2c(Cn3cc(Cn4c(=O)n(Cc5cn(Cc6cc(=O)oc7c(C)c(C)ccc67)nn5)c5ccccc54)nn3)cc(=O)oc2c1C. The highest BCUT2D eigenvalue weighted by atomic mass is 16.4. The van der Waals surface area contributed by atoms with E-state index in [9.17, 15) is 14.4 Å². The van der Waals surface area contributed by atoms with Crippen LogP contribution in [0.25, 0.3) is 33.0 Å². The maximum atomic E-state index is 13.9. The molecule has 5 heterocycles. The number of aryl methyl sites for hydroxylation is 4. The van der Waals surface area contributed by atoms with Gasteiger partial charge in [-0.2, -0.15) is 0 Å².